The highest BCUT2D eigenvalue weighted by atomic mass is 16.1. The predicted molar refractivity (Wildman–Crippen MR) is 43.9 cm³/mol. The Morgan fingerprint density at radius 1 is 1.67 bits per heavy atom. The second-order valence-electron chi connectivity index (χ2n) is 3.18. The monoisotopic (exact) mass is 167 g/mol. The van der Waals surface area contributed by atoms with Crippen molar-refractivity contribution in [3.63, 3.8) is 0 Å². The van der Waals surface area contributed by atoms with Crippen LogP contribution >= 0.6 is 0 Å². The van der Waals surface area contributed by atoms with Gasteiger partial charge in [-0.3, -0.25) is 4.79 Å². The maximum atomic E-state index is 10.4. The normalized spacial score (nSPS) is 28.2. The lowest BCUT2D eigenvalue weighted by molar-refractivity contribution is -0.117. The Balaban J connectivity index is 2.20. The second kappa shape index (κ2) is 4.07. The summed E-state index contributed by atoms with van der Waals surface area (Å²) in [6.45, 7) is 0.225. The van der Waals surface area contributed by atoms with E-state index in [0.29, 0.717) is 6.04 Å². The highest BCUT2D eigenvalue weighted by molar-refractivity contribution is 5.75. The molecule has 2 atom stereocenters. The summed E-state index contributed by atoms with van der Waals surface area (Å²) >= 11 is 0. The van der Waals surface area contributed by atoms with Crippen molar-refractivity contribution in [3.8, 4) is 6.07 Å². The molecule has 3 N–H and O–H groups in total. The molecular weight excluding hydrogens is 154 g/mol. The molecule has 0 aliphatic heterocycles. The van der Waals surface area contributed by atoms with Crippen LogP contribution in [0.1, 0.15) is 19.3 Å². The molecule has 0 aromatic heterocycles. The number of nitrogens with zero attached hydrogens (tertiary/aromatic N) is 1. The molecule has 4 nitrogen and oxygen atoms in total. The summed E-state index contributed by atoms with van der Waals surface area (Å²) in [6, 6.07) is 2.53. The Hall–Kier alpha value is -1.08. The lowest BCUT2D eigenvalue weighted by atomic mass is 10.1. The number of hydrogen-bond acceptors (Lipinski definition) is 3. The third kappa shape index (κ3) is 2.51. The average Bonchev–Trinajstić information content (AvgIpc) is 2.48. The Labute approximate surface area is 71.7 Å². The lowest BCUT2D eigenvalue weighted by Crippen LogP contribution is -2.35. The Bertz CT molecular complexity index is 209. The topological polar surface area (TPSA) is 78.9 Å². The van der Waals surface area contributed by atoms with Crippen molar-refractivity contribution in [2.75, 3.05) is 6.54 Å². The lowest BCUT2D eigenvalue weighted by Gasteiger charge is -2.08. The van der Waals surface area contributed by atoms with Crippen molar-refractivity contribution in [3.05, 3.63) is 0 Å². The molecule has 1 fully saturated rings. The molecule has 0 spiro atoms. The summed E-state index contributed by atoms with van der Waals surface area (Å²) in [6.07, 6.45) is 2.77. The molecule has 0 bridgehead atoms. The summed E-state index contributed by atoms with van der Waals surface area (Å²) in [5.74, 6) is -0.175. The number of nitriles is 1. The van der Waals surface area contributed by atoms with Crippen LogP contribution in [0.5, 0.6) is 0 Å². The molecule has 0 aromatic carbocycles. The molecule has 1 aliphatic rings. The van der Waals surface area contributed by atoms with E-state index in [-0.39, 0.29) is 18.4 Å². The zero-order valence-electron chi connectivity index (χ0n) is 6.92. The molecule has 0 saturated heterocycles. The van der Waals surface area contributed by atoms with Crippen LogP contribution in [0.3, 0.4) is 0 Å². The van der Waals surface area contributed by atoms with Crippen LogP contribution in [0.15, 0.2) is 0 Å². The largest absolute Gasteiger partial charge is 0.369 e. The molecule has 4 heteroatoms. The van der Waals surface area contributed by atoms with E-state index in [4.69, 9.17) is 11.0 Å². The van der Waals surface area contributed by atoms with E-state index in [1.54, 1.807) is 0 Å². The fraction of sp³-hybridized carbons (Fsp3) is 0.750. The van der Waals surface area contributed by atoms with Gasteiger partial charge in [0.1, 0.15) is 0 Å². The van der Waals surface area contributed by atoms with Crippen molar-refractivity contribution in [2.24, 2.45) is 11.7 Å². The van der Waals surface area contributed by atoms with Crippen LogP contribution in [-0.4, -0.2) is 18.5 Å². The summed E-state index contributed by atoms with van der Waals surface area (Å²) in [5, 5.41) is 11.6. The predicted octanol–water partition coefficient (Wildman–Crippen LogP) is -0.246. The average molecular weight is 167 g/mol. The van der Waals surface area contributed by atoms with Gasteiger partial charge in [0.05, 0.1) is 12.6 Å². The fourth-order valence-electron chi connectivity index (χ4n) is 1.53. The van der Waals surface area contributed by atoms with E-state index < -0.39 is 0 Å². The van der Waals surface area contributed by atoms with Crippen LogP contribution in [0.25, 0.3) is 0 Å². The minimum absolute atomic E-state index is 0.162. The summed E-state index contributed by atoms with van der Waals surface area (Å²) in [5.41, 5.74) is 4.97. The van der Waals surface area contributed by atoms with Crippen molar-refractivity contribution >= 4 is 5.91 Å². The van der Waals surface area contributed by atoms with Gasteiger partial charge in [0, 0.05) is 12.0 Å². The Kier molecular flexibility index (Phi) is 3.06. The van der Waals surface area contributed by atoms with Crippen LogP contribution < -0.4 is 11.1 Å². The standard InChI is InChI=1S/C8H13N3O/c9-4-6-1-2-7(3-6)11-5-8(10)12/h6-7,11H,1-3,5H2,(H2,10,12). The highest BCUT2D eigenvalue weighted by Gasteiger charge is 2.23. The van der Waals surface area contributed by atoms with Crippen LogP contribution in [0.2, 0.25) is 0 Å². The minimum Gasteiger partial charge on any atom is -0.369 e. The van der Waals surface area contributed by atoms with Crippen molar-refractivity contribution < 1.29 is 4.79 Å². The first-order valence-corrected chi connectivity index (χ1v) is 4.13. The van der Waals surface area contributed by atoms with Gasteiger partial charge in [-0.05, 0) is 19.3 Å². The smallest absolute Gasteiger partial charge is 0.231 e. The molecule has 0 heterocycles. The summed E-state index contributed by atoms with van der Waals surface area (Å²) in [4.78, 5) is 10.4. The third-order valence-corrected chi connectivity index (χ3v) is 2.18. The SMILES string of the molecule is N#CC1CCC(NCC(N)=O)C1. The van der Waals surface area contributed by atoms with Crippen LogP contribution in [0.4, 0.5) is 0 Å². The molecular formula is C8H13N3O. The molecule has 1 rings (SSSR count). The quantitative estimate of drug-likeness (QED) is 0.608. The van der Waals surface area contributed by atoms with Gasteiger partial charge in [0.25, 0.3) is 0 Å². The molecule has 1 aliphatic carbocycles. The van der Waals surface area contributed by atoms with E-state index in [9.17, 15) is 4.79 Å². The van der Waals surface area contributed by atoms with Crippen molar-refractivity contribution in [2.45, 2.75) is 25.3 Å². The van der Waals surface area contributed by atoms with Gasteiger partial charge >= 0.3 is 0 Å². The Morgan fingerprint density at radius 3 is 2.92 bits per heavy atom. The first-order valence-electron chi connectivity index (χ1n) is 4.13. The molecule has 66 valence electrons. The number of amides is 1. The highest BCUT2D eigenvalue weighted by Crippen LogP contribution is 2.24. The number of carbonyl (C=O) groups is 1. The van der Waals surface area contributed by atoms with Gasteiger partial charge in [0.2, 0.25) is 5.91 Å². The molecule has 12 heavy (non-hydrogen) atoms. The first kappa shape index (κ1) is 9.01. The van der Waals surface area contributed by atoms with E-state index in [1.165, 1.54) is 0 Å². The molecule has 2 unspecified atom stereocenters. The Morgan fingerprint density at radius 2 is 2.42 bits per heavy atom. The van der Waals surface area contributed by atoms with E-state index in [2.05, 4.69) is 11.4 Å². The van der Waals surface area contributed by atoms with Crippen LogP contribution in [0, 0.1) is 17.2 Å². The minimum atomic E-state index is -0.338. The maximum Gasteiger partial charge on any atom is 0.231 e. The van der Waals surface area contributed by atoms with Gasteiger partial charge in [-0.15, -0.1) is 0 Å². The number of nitrogens with one attached hydrogen (secondary N) is 1. The number of rotatable bonds is 3. The van der Waals surface area contributed by atoms with E-state index >= 15 is 0 Å². The number of hydrogen-bond donors (Lipinski definition) is 2. The number of carbonyl (C=O) groups excluding carboxylic acids is 1. The zero-order chi connectivity index (χ0) is 8.97. The third-order valence-electron chi connectivity index (χ3n) is 2.18. The maximum absolute atomic E-state index is 10.4. The van der Waals surface area contributed by atoms with Crippen molar-refractivity contribution in [1.29, 1.82) is 5.26 Å². The van der Waals surface area contributed by atoms with Gasteiger partial charge in [-0.1, -0.05) is 0 Å². The number of nitrogens with two attached hydrogens (primary N) is 1. The summed E-state index contributed by atoms with van der Waals surface area (Å²) < 4.78 is 0. The molecule has 1 amide bonds. The zero-order valence-corrected chi connectivity index (χ0v) is 6.92. The van der Waals surface area contributed by atoms with Gasteiger partial charge < -0.3 is 11.1 Å². The number of primary amides is 1. The van der Waals surface area contributed by atoms with E-state index in [1.807, 2.05) is 0 Å². The van der Waals surface area contributed by atoms with Crippen LogP contribution in [-0.2, 0) is 4.79 Å². The van der Waals surface area contributed by atoms with Gasteiger partial charge in [-0.2, -0.15) is 5.26 Å². The molecule has 0 aromatic rings. The van der Waals surface area contributed by atoms with Gasteiger partial charge in [0.15, 0.2) is 0 Å². The summed E-state index contributed by atoms with van der Waals surface area (Å²) in [7, 11) is 0. The molecule has 0 radical (unpaired) electrons. The fourth-order valence-corrected chi connectivity index (χ4v) is 1.53. The first-order chi connectivity index (χ1) is 5.72. The second-order valence-corrected chi connectivity index (χ2v) is 3.18. The van der Waals surface area contributed by atoms with Gasteiger partial charge in [-0.25, -0.2) is 0 Å². The van der Waals surface area contributed by atoms with Crippen molar-refractivity contribution in [1.82, 2.24) is 5.32 Å². The van der Waals surface area contributed by atoms with E-state index in [0.717, 1.165) is 19.3 Å². The molecule has 1 saturated carbocycles.